The lowest BCUT2D eigenvalue weighted by molar-refractivity contribution is -0.159. The molecule has 0 spiro atoms. The number of rotatable bonds is 1. The van der Waals surface area contributed by atoms with Gasteiger partial charge < -0.3 is 4.74 Å². The van der Waals surface area contributed by atoms with Crippen molar-refractivity contribution in [3.63, 3.8) is 0 Å². The highest BCUT2D eigenvalue weighted by Crippen LogP contribution is 2.36. The predicted octanol–water partition coefficient (Wildman–Crippen LogP) is 2.80. The van der Waals surface area contributed by atoms with Gasteiger partial charge in [0.05, 0.1) is 16.1 Å². The summed E-state index contributed by atoms with van der Waals surface area (Å²) in [6, 6.07) is 5.17. The van der Waals surface area contributed by atoms with E-state index < -0.39 is 21.4 Å². The number of carbonyl (C=O) groups excluding carboxylic acids is 1. The molecular weight excluding hydrogens is 276 g/mol. The van der Waals surface area contributed by atoms with Crippen LogP contribution >= 0.6 is 0 Å². The van der Waals surface area contributed by atoms with Crippen LogP contribution in [-0.2, 0) is 19.4 Å². The maximum absolute atomic E-state index is 12.1. The lowest BCUT2D eigenvalue weighted by atomic mass is 9.96. The van der Waals surface area contributed by atoms with Gasteiger partial charge in [0.15, 0.2) is 9.84 Å². The molecule has 0 saturated carbocycles. The van der Waals surface area contributed by atoms with E-state index in [1.807, 2.05) is 6.92 Å². The first-order valence-electron chi connectivity index (χ1n) is 6.66. The molecule has 1 atom stereocenters. The molecular formula is C15H20O4S. The lowest BCUT2D eigenvalue weighted by Crippen LogP contribution is -2.29. The summed E-state index contributed by atoms with van der Waals surface area (Å²) in [5, 5.41) is 0. The van der Waals surface area contributed by atoms with E-state index in [-0.39, 0.29) is 11.7 Å². The van der Waals surface area contributed by atoms with Crippen molar-refractivity contribution in [3.05, 3.63) is 29.3 Å². The average Bonchev–Trinajstić information content (AvgIpc) is 2.31. The van der Waals surface area contributed by atoms with Crippen LogP contribution in [0.3, 0.4) is 0 Å². The van der Waals surface area contributed by atoms with Gasteiger partial charge in [0.25, 0.3) is 0 Å². The van der Waals surface area contributed by atoms with E-state index >= 15 is 0 Å². The molecule has 2 rings (SSSR count). The maximum atomic E-state index is 12.1. The van der Waals surface area contributed by atoms with Crippen molar-refractivity contribution in [1.29, 1.82) is 0 Å². The number of ether oxygens (including phenoxy) is 1. The summed E-state index contributed by atoms with van der Waals surface area (Å²) in [7, 11) is -3.25. The van der Waals surface area contributed by atoms with Gasteiger partial charge in [0, 0.05) is 12.0 Å². The van der Waals surface area contributed by atoms with Crippen molar-refractivity contribution in [2.24, 2.45) is 5.41 Å². The Morgan fingerprint density at radius 3 is 2.55 bits per heavy atom. The Bertz CT molecular complexity index is 638. The Kier molecular flexibility index (Phi) is 3.67. The summed E-state index contributed by atoms with van der Waals surface area (Å²) in [6.45, 7) is 7.24. The Labute approximate surface area is 120 Å². The van der Waals surface area contributed by atoms with Crippen LogP contribution in [0, 0.1) is 12.3 Å². The highest BCUT2D eigenvalue weighted by molar-refractivity contribution is 7.91. The number of aryl methyl sites for hydroxylation is 1. The van der Waals surface area contributed by atoms with Crippen LogP contribution in [0.5, 0.6) is 0 Å². The number of fused-ring (bicyclic) bond motifs is 1. The zero-order valence-electron chi connectivity index (χ0n) is 12.3. The lowest BCUT2D eigenvalue weighted by Gasteiger charge is -2.28. The molecule has 0 saturated heterocycles. The second-order valence-electron chi connectivity index (χ2n) is 6.29. The first kappa shape index (κ1) is 15.0. The second kappa shape index (κ2) is 4.88. The zero-order valence-corrected chi connectivity index (χ0v) is 13.1. The molecule has 4 nitrogen and oxygen atoms in total. The van der Waals surface area contributed by atoms with Gasteiger partial charge >= 0.3 is 5.97 Å². The average molecular weight is 296 g/mol. The van der Waals surface area contributed by atoms with Gasteiger partial charge in [-0.3, -0.25) is 4.79 Å². The van der Waals surface area contributed by atoms with Crippen LogP contribution in [0.25, 0.3) is 0 Å². The third-order valence-electron chi connectivity index (χ3n) is 3.36. The first-order valence-corrected chi connectivity index (χ1v) is 8.31. The van der Waals surface area contributed by atoms with E-state index in [2.05, 4.69) is 0 Å². The van der Waals surface area contributed by atoms with Gasteiger partial charge in [-0.15, -0.1) is 0 Å². The minimum absolute atomic E-state index is 0.0190. The van der Waals surface area contributed by atoms with Crippen molar-refractivity contribution in [3.8, 4) is 0 Å². The summed E-state index contributed by atoms with van der Waals surface area (Å²) in [6.07, 6.45) is -0.152. The van der Waals surface area contributed by atoms with E-state index in [1.54, 1.807) is 39.0 Å². The Hall–Kier alpha value is -1.36. The summed E-state index contributed by atoms with van der Waals surface area (Å²) >= 11 is 0. The van der Waals surface area contributed by atoms with Crippen molar-refractivity contribution >= 4 is 15.8 Å². The molecule has 1 aromatic rings. The molecule has 110 valence electrons. The molecule has 1 aliphatic heterocycles. The molecule has 1 aliphatic rings. The van der Waals surface area contributed by atoms with Crippen LogP contribution in [0.4, 0.5) is 0 Å². The molecule has 0 aliphatic carbocycles. The molecule has 0 radical (unpaired) electrons. The van der Waals surface area contributed by atoms with Crippen molar-refractivity contribution in [1.82, 2.24) is 0 Å². The fraction of sp³-hybridized carbons (Fsp3) is 0.533. The highest BCUT2D eigenvalue weighted by Gasteiger charge is 2.34. The smallest absolute Gasteiger partial charge is 0.311 e. The fourth-order valence-electron chi connectivity index (χ4n) is 2.16. The quantitative estimate of drug-likeness (QED) is 0.748. The highest BCUT2D eigenvalue weighted by atomic mass is 32.2. The molecule has 0 amide bonds. The molecule has 0 bridgehead atoms. The maximum Gasteiger partial charge on any atom is 0.311 e. The Balaban J connectivity index is 2.40. The molecule has 0 aromatic heterocycles. The van der Waals surface area contributed by atoms with E-state index in [0.29, 0.717) is 16.9 Å². The molecule has 5 heteroatoms. The standard InChI is InChI=1S/C15H20O4S/c1-10-5-6-13-11(9-10)12(7-8-20(13,17)18)19-14(16)15(2,3)4/h5-6,9,12H,7-8H2,1-4H3. The molecule has 0 fully saturated rings. The van der Waals surface area contributed by atoms with Crippen LogP contribution in [0.15, 0.2) is 23.1 Å². The zero-order chi connectivity index (χ0) is 15.1. The van der Waals surface area contributed by atoms with Gasteiger partial charge in [0.2, 0.25) is 0 Å². The largest absolute Gasteiger partial charge is 0.457 e. The van der Waals surface area contributed by atoms with Crippen LogP contribution in [-0.4, -0.2) is 20.1 Å². The van der Waals surface area contributed by atoms with E-state index in [4.69, 9.17) is 4.74 Å². The number of hydrogen-bond donors (Lipinski definition) is 0. The number of hydrogen-bond acceptors (Lipinski definition) is 4. The summed E-state index contributed by atoms with van der Waals surface area (Å²) in [4.78, 5) is 12.3. The number of sulfone groups is 1. The SMILES string of the molecule is Cc1ccc2c(c1)C(OC(=O)C(C)(C)C)CCS2(=O)=O. The summed E-state index contributed by atoms with van der Waals surface area (Å²) in [5.74, 6) is -0.292. The van der Waals surface area contributed by atoms with E-state index in [9.17, 15) is 13.2 Å². The topological polar surface area (TPSA) is 60.4 Å². The molecule has 1 heterocycles. The Morgan fingerprint density at radius 2 is 1.95 bits per heavy atom. The first-order chi connectivity index (χ1) is 9.11. The minimum Gasteiger partial charge on any atom is -0.457 e. The number of carbonyl (C=O) groups is 1. The van der Waals surface area contributed by atoms with Crippen molar-refractivity contribution < 1.29 is 17.9 Å². The normalized spacial score (nSPS) is 21.1. The second-order valence-corrected chi connectivity index (χ2v) is 8.37. The van der Waals surface area contributed by atoms with Crippen molar-refractivity contribution in [2.75, 3.05) is 5.75 Å². The van der Waals surface area contributed by atoms with Crippen LogP contribution in [0.1, 0.15) is 44.4 Å². The predicted molar refractivity (Wildman–Crippen MR) is 76.1 cm³/mol. The number of benzene rings is 1. The van der Waals surface area contributed by atoms with Crippen molar-refractivity contribution in [2.45, 2.75) is 45.1 Å². The van der Waals surface area contributed by atoms with Gasteiger partial charge in [-0.05, 0) is 33.8 Å². The third-order valence-corrected chi connectivity index (χ3v) is 5.17. The minimum atomic E-state index is -3.25. The molecule has 1 aromatic carbocycles. The number of esters is 1. The summed E-state index contributed by atoms with van der Waals surface area (Å²) < 4.78 is 29.7. The molecule has 20 heavy (non-hydrogen) atoms. The third kappa shape index (κ3) is 2.87. The molecule has 0 N–H and O–H groups in total. The summed E-state index contributed by atoms with van der Waals surface area (Å²) in [5.41, 5.74) is 0.965. The molecule has 1 unspecified atom stereocenters. The van der Waals surface area contributed by atoms with E-state index in [1.165, 1.54) is 0 Å². The fourth-order valence-corrected chi connectivity index (χ4v) is 3.73. The monoisotopic (exact) mass is 296 g/mol. The van der Waals surface area contributed by atoms with Gasteiger partial charge in [-0.1, -0.05) is 17.7 Å². The van der Waals surface area contributed by atoms with Crippen LogP contribution < -0.4 is 0 Å². The van der Waals surface area contributed by atoms with Crippen LogP contribution in [0.2, 0.25) is 0 Å². The Morgan fingerprint density at radius 1 is 1.30 bits per heavy atom. The van der Waals surface area contributed by atoms with Gasteiger partial charge in [-0.25, -0.2) is 8.42 Å². The van der Waals surface area contributed by atoms with Gasteiger partial charge in [-0.2, -0.15) is 0 Å². The van der Waals surface area contributed by atoms with Gasteiger partial charge in [0.1, 0.15) is 6.10 Å². The van der Waals surface area contributed by atoms with E-state index in [0.717, 1.165) is 5.56 Å².